The fraction of sp³-hybridized carbons (Fsp3) is 0. The molecular weight excluding hydrogens is 180 g/mol. The van der Waals surface area contributed by atoms with Crippen molar-refractivity contribution >= 4 is 17.6 Å². The second kappa shape index (κ2) is 3.54. The number of hydrogen-bond donors (Lipinski definition) is 0. The number of thiophene rings is 1. The summed E-state index contributed by atoms with van der Waals surface area (Å²) < 4.78 is 0. The molecule has 2 heteroatoms. The van der Waals surface area contributed by atoms with E-state index in [1.54, 1.807) is 0 Å². The lowest BCUT2D eigenvalue weighted by Crippen LogP contribution is -1.78. The largest absolute Gasteiger partial charge is 0.297 e. The van der Waals surface area contributed by atoms with Crippen LogP contribution in [0.25, 0.3) is 11.1 Å². The summed E-state index contributed by atoms with van der Waals surface area (Å²) in [6, 6.07) is 11.9. The number of aldehydes is 1. The third kappa shape index (κ3) is 1.53. The molecule has 0 saturated carbocycles. The second-order valence-electron chi connectivity index (χ2n) is 2.68. The van der Waals surface area contributed by atoms with E-state index in [-0.39, 0.29) is 0 Å². The Labute approximate surface area is 80.7 Å². The summed E-state index contributed by atoms with van der Waals surface area (Å²) in [6.45, 7) is 0. The van der Waals surface area contributed by atoms with Gasteiger partial charge in [0.2, 0.25) is 0 Å². The van der Waals surface area contributed by atoms with Crippen LogP contribution in [0.4, 0.5) is 0 Å². The highest BCUT2D eigenvalue weighted by Crippen LogP contribution is 2.26. The monoisotopic (exact) mass is 188 g/mol. The summed E-state index contributed by atoms with van der Waals surface area (Å²) in [4.78, 5) is 11.5. The lowest BCUT2D eigenvalue weighted by Gasteiger charge is -1.97. The highest BCUT2D eigenvalue weighted by Gasteiger charge is 2.03. The van der Waals surface area contributed by atoms with Crippen LogP contribution in [0.3, 0.4) is 0 Å². The average Bonchev–Trinajstić information content (AvgIpc) is 2.67. The van der Waals surface area contributed by atoms with Gasteiger partial charge in [0.15, 0.2) is 6.29 Å². The minimum atomic E-state index is 0.797. The maximum absolute atomic E-state index is 10.7. The smallest absolute Gasteiger partial charge is 0.160 e. The van der Waals surface area contributed by atoms with Crippen molar-refractivity contribution in [2.75, 3.05) is 0 Å². The van der Waals surface area contributed by atoms with E-state index < -0.39 is 0 Å². The summed E-state index contributed by atoms with van der Waals surface area (Å²) in [5.74, 6) is 0. The maximum atomic E-state index is 10.7. The van der Waals surface area contributed by atoms with Crippen LogP contribution in [0.5, 0.6) is 0 Å². The van der Waals surface area contributed by atoms with E-state index >= 15 is 0 Å². The molecule has 0 amide bonds. The highest BCUT2D eigenvalue weighted by atomic mass is 32.1. The van der Waals surface area contributed by atoms with Crippen LogP contribution in [0.1, 0.15) is 9.67 Å². The number of carbonyl (C=O) groups excluding carboxylic acids is 1. The van der Waals surface area contributed by atoms with Gasteiger partial charge in [0.25, 0.3) is 0 Å². The van der Waals surface area contributed by atoms with Crippen molar-refractivity contribution in [3.63, 3.8) is 0 Å². The molecule has 0 radical (unpaired) electrons. The van der Waals surface area contributed by atoms with Crippen LogP contribution >= 0.6 is 11.3 Å². The van der Waals surface area contributed by atoms with Crippen molar-refractivity contribution < 1.29 is 4.79 Å². The Morgan fingerprint density at radius 3 is 2.54 bits per heavy atom. The van der Waals surface area contributed by atoms with Gasteiger partial charge in [0, 0.05) is 5.56 Å². The van der Waals surface area contributed by atoms with Gasteiger partial charge in [-0.05, 0) is 17.0 Å². The fourth-order valence-corrected chi connectivity index (χ4v) is 1.99. The average molecular weight is 188 g/mol. The molecule has 13 heavy (non-hydrogen) atoms. The fourth-order valence-electron chi connectivity index (χ4n) is 1.27. The lowest BCUT2D eigenvalue weighted by atomic mass is 10.1. The molecule has 0 aliphatic rings. The molecule has 1 nitrogen and oxygen atoms in total. The molecule has 0 spiro atoms. The second-order valence-corrected chi connectivity index (χ2v) is 3.63. The zero-order chi connectivity index (χ0) is 9.10. The molecule has 1 heterocycles. The zero-order valence-corrected chi connectivity index (χ0v) is 7.75. The predicted octanol–water partition coefficient (Wildman–Crippen LogP) is 3.23. The Kier molecular flexibility index (Phi) is 2.23. The van der Waals surface area contributed by atoms with Crippen molar-refractivity contribution in [3.8, 4) is 11.1 Å². The molecule has 0 fully saturated rings. The van der Waals surface area contributed by atoms with Crippen molar-refractivity contribution in [1.82, 2.24) is 0 Å². The van der Waals surface area contributed by atoms with E-state index in [1.807, 2.05) is 41.8 Å². The lowest BCUT2D eigenvalue weighted by molar-refractivity contribution is 0.112. The molecule has 0 saturated heterocycles. The molecule has 0 unspecified atom stereocenters. The van der Waals surface area contributed by atoms with E-state index in [9.17, 15) is 4.79 Å². The third-order valence-electron chi connectivity index (χ3n) is 1.89. The molecule has 0 bridgehead atoms. The summed E-state index contributed by atoms with van der Waals surface area (Å²) in [5, 5.41) is 1.94. The minimum Gasteiger partial charge on any atom is -0.297 e. The van der Waals surface area contributed by atoms with Gasteiger partial charge in [0.05, 0.1) is 4.88 Å². The van der Waals surface area contributed by atoms with Gasteiger partial charge >= 0.3 is 0 Å². The van der Waals surface area contributed by atoms with Gasteiger partial charge < -0.3 is 0 Å². The van der Waals surface area contributed by atoms with Gasteiger partial charge in [-0.2, -0.15) is 0 Å². The molecule has 2 aromatic rings. The third-order valence-corrected chi connectivity index (χ3v) is 2.73. The van der Waals surface area contributed by atoms with Crippen LogP contribution in [0.15, 0.2) is 41.8 Å². The normalized spacial score (nSPS) is 9.85. The summed E-state index contributed by atoms with van der Waals surface area (Å²) in [5.41, 5.74) is 2.13. The number of rotatable bonds is 2. The molecule has 0 aliphatic heterocycles. The van der Waals surface area contributed by atoms with E-state index in [2.05, 4.69) is 0 Å². The molecule has 64 valence electrons. The Morgan fingerprint density at radius 1 is 1.08 bits per heavy atom. The first kappa shape index (κ1) is 8.20. The molecule has 0 N–H and O–H groups in total. The highest BCUT2D eigenvalue weighted by molar-refractivity contribution is 7.12. The van der Waals surface area contributed by atoms with E-state index in [1.165, 1.54) is 11.3 Å². The summed E-state index contributed by atoms with van der Waals surface area (Å²) in [6.07, 6.45) is 0.910. The maximum Gasteiger partial charge on any atom is 0.160 e. The van der Waals surface area contributed by atoms with Gasteiger partial charge in [-0.25, -0.2) is 0 Å². The van der Waals surface area contributed by atoms with E-state index in [0.717, 1.165) is 22.3 Å². The number of benzene rings is 1. The van der Waals surface area contributed by atoms with Gasteiger partial charge in [-0.15, -0.1) is 11.3 Å². The number of hydrogen-bond acceptors (Lipinski definition) is 2. The van der Waals surface area contributed by atoms with E-state index in [4.69, 9.17) is 0 Å². The quantitative estimate of drug-likeness (QED) is 0.661. The van der Waals surface area contributed by atoms with E-state index in [0.29, 0.717) is 0 Å². The van der Waals surface area contributed by atoms with Crippen LogP contribution in [-0.4, -0.2) is 6.29 Å². The number of carbonyl (C=O) groups is 1. The molecule has 1 aromatic carbocycles. The minimum absolute atomic E-state index is 0.797. The first-order valence-corrected chi connectivity index (χ1v) is 4.88. The Morgan fingerprint density at radius 2 is 1.85 bits per heavy atom. The Hall–Kier alpha value is -1.41. The molecule has 2 rings (SSSR count). The molecule has 1 aromatic heterocycles. The molecular formula is C11H8OS. The summed E-state index contributed by atoms with van der Waals surface area (Å²) in [7, 11) is 0. The Balaban J connectivity index is 2.52. The van der Waals surface area contributed by atoms with Crippen molar-refractivity contribution in [2.24, 2.45) is 0 Å². The standard InChI is InChI=1S/C11H8OS/c12-8-11-10(6-7-13-11)9-4-2-1-3-5-9/h1-8H. The van der Waals surface area contributed by atoms with Crippen LogP contribution in [-0.2, 0) is 0 Å². The Bertz CT molecular complexity index is 403. The van der Waals surface area contributed by atoms with Crippen LogP contribution in [0, 0.1) is 0 Å². The van der Waals surface area contributed by atoms with Gasteiger partial charge in [-0.3, -0.25) is 4.79 Å². The zero-order valence-electron chi connectivity index (χ0n) is 6.94. The van der Waals surface area contributed by atoms with Gasteiger partial charge in [0.1, 0.15) is 0 Å². The van der Waals surface area contributed by atoms with Crippen molar-refractivity contribution in [1.29, 1.82) is 0 Å². The topological polar surface area (TPSA) is 17.1 Å². The first-order valence-electron chi connectivity index (χ1n) is 4.00. The van der Waals surface area contributed by atoms with Gasteiger partial charge in [-0.1, -0.05) is 30.3 Å². The van der Waals surface area contributed by atoms with Crippen LogP contribution < -0.4 is 0 Å². The first-order chi connectivity index (χ1) is 6.42. The van der Waals surface area contributed by atoms with Crippen molar-refractivity contribution in [3.05, 3.63) is 46.7 Å². The van der Waals surface area contributed by atoms with Crippen molar-refractivity contribution in [2.45, 2.75) is 0 Å². The summed E-state index contributed by atoms with van der Waals surface area (Å²) >= 11 is 1.48. The predicted molar refractivity (Wildman–Crippen MR) is 55.1 cm³/mol. The SMILES string of the molecule is O=Cc1sccc1-c1ccccc1. The van der Waals surface area contributed by atoms with Crippen LogP contribution in [0.2, 0.25) is 0 Å². The molecule has 0 atom stereocenters. The molecule has 0 aliphatic carbocycles.